The zero-order chi connectivity index (χ0) is 17.0. The molecule has 3 rings (SSSR count). The zero-order valence-corrected chi connectivity index (χ0v) is 12.7. The Kier molecular flexibility index (Phi) is 3.98. The molecule has 0 aromatic rings. The minimum absolute atomic E-state index is 0.0318. The van der Waals surface area contributed by atoms with Gasteiger partial charge in [-0.15, -0.1) is 13.2 Å². The van der Waals surface area contributed by atoms with Crippen LogP contribution in [0, 0.1) is 5.92 Å². The number of carbonyl (C=O) groups is 1. The minimum Gasteiger partial charge on any atom is -0.373 e. The molecule has 2 heterocycles. The molecular weight excluding hydrogens is 324 g/mol. The number of ketones is 1. The van der Waals surface area contributed by atoms with Crippen LogP contribution in [0.4, 0.5) is 17.6 Å². The van der Waals surface area contributed by atoms with Gasteiger partial charge in [-0.1, -0.05) is 0 Å². The van der Waals surface area contributed by atoms with Crippen LogP contribution in [0.25, 0.3) is 0 Å². The molecule has 132 valence electrons. The highest BCUT2D eigenvalue weighted by atomic mass is 19.4. The SMILES string of the molecule is CO[C@@H]1C(=O)[C@@H](F)[C@]2(CO2)C[C@H]1C1(C)O[C@@H]1CCOC(F)(F)F. The van der Waals surface area contributed by atoms with E-state index in [0.717, 1.165) is 0 Å². The molecule has 0 radical (unpaired) electrons. The van der Waals surface area contributed by atoms with Crippen LogP contribution >= 0.6 is 0 Å². The molecule has 6 atom stereocenters. The maximum absolute atomic E-state index is 14.1. The van der Waals surface area contributed by atoms with Crippen molar-refractivity contribution in [3.8, 4) is 0 Å². The first-order chi connectivity index (χ1) is 10.6. The number of carbonyl (C=O) groups excluding carboxylic acids is 1. The third kappa shape index (κ3) is 2.99. The summed E-state index contributed by atoms with van der Waals surface area (Å²) in [7, 11) is 1.31. The second-order valence-corrected chi connectivity index (χ2v) is 6.46. The number of alkyl halides is 4. The van der Waals surface area contributed by atoms with Crippen LogP contribution < -0.4 is 0 Å². The molecular formula is C14H18F4O5. The van der Waals surface area contributed by atoms with Crippen molar-refractivity contribution in [3.63, 3.8) is 0 Å². The summed E-state index contributed by atoms with van der Waals surface area (Å²) >= 11 is 0. The Morgan fingerprint density at radius 1 is 1.39 bits per heavy atom. The molecule has 1 aliphatic carbocycles. The first-order valence-corrected chi connectivity index (χ1v) is 7.36. The molecule has 2 saturated heterocycles. The van der Waals surface area contributed by atoms with Gasteiger partial charge in [-0.25, -0.2) is 4.39 Å². The van der Waals surface area contributed by atoms with E-state index in [0.29, 0.717) is 0 Å². The van der Waals surface area contributed by atoms with Crippen molar-refractivity contribution < 1.29 is 41.3 Å². The van der Waals surface area contributed by atoms with Gasteiger partial charge in [0.2, 0.25) is 0 Å². The maximum Gasteiger partial charge on any atom is 0.522 e. The molecule has 23 heavy (non-hydrogen) atoms. The number of methoxy groups -OCH3 is 1. The predicted molar refractivity (Wildman–Crippen MR) is 67.4 cm³/mol. The van der Waals surface area contributed by atoms with E-state index >= 15 is 0 Å². The van der Waals surface area contributed by atoms with Gasteiger partial charge >= 0.3 is 6.36 Å². The van der Waals surface area contributed by atoms with Crippen LogP contribution in [0.3, 0.4) is 0 Å². The average molecular weight is 342 g/mol. The van der Waals surface area contributed by atoms with Crippen molar-refractivity contribution >= 4 is 5.78 Å². The van der Waals surface area contributed by atoms with Crippen LogP contribution in [0.1, 0.15) is 19.8 Å². The third-order valence-electron chi connectivity index (χ3n) is 5.05. The van der Waals surface area contributed by atoms with E-state index in [2.05, 4.69) is 4.74 Å². The van der Waals surface area contributed by atoms with E-state index in [1.807, 2.05) is 0 Å². The van der Waals surface area contributed by atoms with E-state index in [-0.39, 0.29) is 19.4 Å². The lowest BCUT2D eigenvalue weighted by Gasteiger charge is -2.37. The Labute approximate surface area is 130 Å². The summed E-state index contributed by atoms with van der Waals surface area (Å²) in [5.41, 5.74) is -1.96. The normalized spacial score (nSPS) is 46.3. The van der Waals surface area contributed by atoms with Gasteiger partial charge in [0.25, 0.3) is 0 Å². The van der Waals surface area contributed by atoms with Crippen molar-refractivity contribution in [2.75, 3.05) is 20.3 Å². The van der Waals surface area contributed by atoms with Gasteiger partial charge in [0.15, 0.2) is 12.0 Å². The van der Waals surface area contributed by atoms with Crippen LogP contribution in [-0.2, 0) is 23.7 Å². The Bertz CT molecular complexity index is 492. The summed E-state index contributed by atoms with van der Waals surface area (Å²) in [6.45, 7) is 1.32. The number of halogens is 4. The number of ether oxygens (including phenoxy) is 4. The van der Waals surface area contributed by atoms with Gasteiger partial charge in [-0.05, 0) is 13.3 Å². The van der Waals surface area contributed by atoms with Crippen molar-refractivity contribution in [1.82, 2.24) is 0 Å². The van der Waals surface area contributed by atoms with Crippen molar-refractivity contribution in [2.24, 2.45) is 5.92 Å². The van der Waals surface area contributed by atoms with E-state index in [9.17, 15) is 22.4 Å². The maximum atomic E-state index is 14.1. The Morgan fingerprint density at radius 2 is 2.04 bits per heavy atom. The lowest BCUT2D eigenvalue weighted by Crippen LogP contribution is -2.55. The molecule has 2 aliphatic heterocycles. The molecule has 0 N–H and O–H groups in total. The molecule has 3 aliphatic rings. The number of hydrogen-bond donors (Lipinski definition) is 0. The zero-order valence-electron chi connectivity index (χ0n) is 12.7. The quantitative estimate of drug-likeness (QED) is 0.563. The second-order valence-electron chi connectivity index (χ2n) is 6.46. The van der Waals surface area contributed by atoms with E-state index in [1.54, 1.807) is 6.92 Å². The summed E-state index contributed by atoms with van der Waals surface area (Å²) in [4.78, 5) is 12.1. The molecule has 0 bridgehead atoms. The Balaban J connectivity index is 1.65. The molecule has 1 spiro atoms. The number of epoxide rings is 2. The molecule has 9 heteroatoms. The summed E-state index contributed by atoms with van der Waals surface area (Å²) in [5, 5.41) is 0. The highest BCUT2D eigenvalue weighted by Crippen LogP contribution is 2.55. The van der Waals surface area contributed by atoms with Crippen molar-refractivity contribution in [2.45, 2.75) is 55.7 Å². The van der Waals surface area contributed by atoms with Crippen LogP contribution in [0.2, 0.25) is 0 Å². The fourth-order valence-electron chi connectivity index (χ4n) is 3.55. The first-order valence-electron chi connectivity index (χ1n) is 7.36. The second kappa shape index (κ2) is 5.37. The van der Waals surface area contributed by atoms with Crippen LogP contribution in [0.5, 0.6) is 0 Å². The van der Waals surface area contributed by atoms with E-state index in [1.165, 1.54) is 7.11 Å². The first kappa shape index (κ1) is 17.1. The highest BCUT2D eigenvalue weighted by Gasteiger charge is 2.70. The average Bonchev–Trinajstić information content (AvgIpc) is 3.34. The molecule has 0 amide bonds. The monoisotopic (exact) mass is 342 g/mol. The summed E-state index contributed by atoms with van der Waals surface area (Å²) in [6, 6.07) is 0. The van der Waals surface area contributed by atoms with Crippen molar-refractivity contribution in [1.29, 1.82) is 0 Å². The molecule has 1 saturated carbocycles. The van der Waals surface area contributed by atoms with Gasteiger partial charge in [0.1, 0.15) is 11.7 Å². The summed E-state index contributed by atoms with van der Waals surface area (Å²) < 4.78 is 69.7. The number of rotatable bonds is 5. The molecule has 0 aromatic carbocycles. The summed E-state index contributed by atoms with van der Waals surface area (Å²) in [5.74, 6) is -1.16. The standard InChI is InChI=1S/C14H18F4O5/c1-12(8(23-12)3-4-21-14(16,17)18)7-5-13(6-22-13)11(15)9(19)10(7)20-2/h7-8,10-11H,3-6H2,1-2H3/t7-,8-,10+,11-,12?,13-/m1/s1. The smallest absolute Gasteiger partial charge is 0.373 e. The number of hydrogen-bond acceptors (Lipinski definition) is 5. The Morgan fingerprint density at radius 3 is 2.57 bits per heavy atom. The molecule has 0 aromatic heterocycles. The fourth-order valence-corrected chi connectivity index (χ4v) is 3.55. The third-order valence-corrected chi connectivity index (χ3v) is 5.05. The van der Waals surface area contributed by atoms with Gasteiger partial charge in [0, 0.05) is 19.4 Å². The van der Waals surface area contributed by atoms with Gasteiger partial charge in [-0.3, -0.25) is 9.53 Å². The summed E-state index contributed by atoms with van der Waals surface area (Å²) in [6.07, 6.45) is -7.63. The largest absolute Gasteiger partial charge is 0.522 e. The predicted octanol–water partition coefficient (Wildman–Crippen LogP) is 1.78. The van der Waals surface area contributed by atoms with Crippen LogP contribution in [-0.4, -0.2) is 62.1 Å². The molecule has 3 fully saturated rings. The van der Waals surface area contributed by atoms with Gasteiger partial charge in [0.05, 0.1) is 24.9 Å². The van der Waals surface area contributed by atoms with Crippen LogP contribution in [0.15, 0.2) is 0 Å². The lowest BCUT2D eigenvalue weighted by atomic mass is 9.70. The fraction of sp³-hybridized carbons (Fsp3) is 0.929. The van der Waals surface area contributed by atoms with Crippen molar-refractivity contribution in [3.05, 3.63) is 0 Å². The van der Waals surface area contributed by atoms with E-state index in [4.69, 9.17) is 14.2 Å². The highest BCUT2D eigenvalue weighted by molar-refractivity contribution is 5.90. The molecule has 1 unspecified atom stereocenters. The van der Waals surface area contributed by atoms with Gasteiger partial charge < -0.3 is 14.2 Å². The Hall–Kier alpha value is -0.770. The van der Waals surface area contributed by atoms with Gasteiger partial charge in [-0.2, -0.15) is 0 Å². The lowest BCUT2D eigenvalue weighted by molar-refractivity contribution is -0.324. The number of Topliss-reactive ketones (excluding diaryl/α,β-unsaturated/α-hetero) is 1. The van der Waals surface area contributed by atoms with E-state index < -0.39 is 54.3 Å². The minimum atomic E-state index is -4.69. The molecule has 5 nitrogen and oxygen atoms in total. The topological polar surface area (TPSA) is 60.6 Å².